The van der Waals surface area contributed by atoms with E-state index in [0.717, 1.165) is 37.3 Å². The van der Waals surface area contributed by atoms with Crippen LogP contribution in [0.15, 0.2) is 59.1 Å². The number of benzene rings is 2. The van der Waals surface area contributed by atoms with Gasteiger partial charge in [-0.2, -0.15) is 4.98 Å². The van der Waals surface area contributed by atoms with Gasteiger partial charge in [0.25, 0.3) is 0 Å². The number of aryl methyl sites for hydroxylation is 1. The summed E-state index contributed by atoms with van der Waals surface area (Å²) in [7, 11) is 0. The van der Waals surface area contributed by atoms with Crippen molar-refractivity contribution in [2.45, 2.75) is 26.4 Å². The summed E-state index contributed by atoms with van der Waals surface area (Å²) in [5.74, 6) is 1.31. The lowest BCUT2D eigenvalue weighted by Crippen LogP contribution is -2.49. The third-order valence-corrected chi connectivity index (χ3v) is 5.65. The second-order valence-corrected chi connectivity index (χ2v) is 8.13. The van der Waals surface area contributed by atoms with Crippen molar-refractivity contribution in [3.8, 4) is 11.4 Å². The van der Waals surface area contributed by atoms with Crippen molar-refractivity contribution in [2.75, 3.05) is 32.7 Å². The highest BCUT2D eigenvalue weighted by Gasteiger charge is 2.21. The Kier molecular flexibility index (Phi) is 6.74. The molecular formula is C24H29N5O2. The van der Waals surface area contributed by atoms with Gasteiger partial charge < -0.3 is 9.84 Å². The Morgan fingerprint density at radius 3 is 2.42 bits per heavy atom. The maximum Gasteiger partial charge on any atom is 0.241 e. The molecule has 0 radical (unpaired) electrons. The van der Waals surface area contributed by atoms with Crippen molar-refractivity contribution >= 4 is 5.91 Å². The number of rotatable bonds is 7. The van der Waals surface area contributed by atoms with E-state index < -0.39 is 0 Å². The van der Waals surface area contributed by atoms with E-state index >= 15 is 0 Å². The normalized spacial score (nSPS) is 16.2. The third-order valence-electron chi connectivity index (χ3n) is 5.65. The van der Waals surface area contributed by atoms with Crippen LogP contribution in [0.3, 0.4) is 0 Å². The largest absolute Gasteiger partial charge is 0.348 e. The molecule has 0 saturated carbocycles. The van der Waals surface area contributed by atoms with Crippen LogP contribution in [-0.4, -0.2) is 58.6 Å². The van der Waals surface area contributed by atoms with Crippen LogP contribution >= 0.6 is 0 Å². The topological polar surface area (TPSA) is 74.5 Å². The first kappa shape index (κ1) is 21.2. The fraction of sp³-hybridized carbons (Fsp3) is 0.375. The first-order valence-corrected chi connectivity index (χ1v) is 10.8. The molecule has 31 heavy (non-hydrogen) atoms. The molecule has 7 heteroatoms. The molecule has 162 valence electrons. The van der Waals surface area contributed by atoms with Gasteiger partial charge >= 0.3 is 0 Å². The second kappa shape index (κ2) is 9.85. The molecule has 1 saturated heterocycles. The Hall–Kier alpha value is -3.03. The van der Waals surface area contributed by atoms with E-state index in [1.165, 1.54) is 5.56 Å². The van der Waals surface area contributed by atoms with Crippen LogP contribution in [0, 0.1) is 6.92 Å². The highest BCUT2D eigenvalue weighted by atomic mass is 16.5. The molecular weight excluding hydrogens is 390 g/mol. The van der Waals surface area contributed by atoms with Gasteiger partial charge in [-0.05, 0) is 19.4 Å². The van der Waals surface area contributed by atoms with Gasteiger partial charge in [-0.15, -0.1) is 0 Å². The van der Waals surface area contributed by atoms with E-state index in [2.05, 4.69) is 32.2 Å². The van der Waals surface area contributed by atoms with Crippen LogP contribution in [0.4, 0.5) is 0 Å². The fourth-order valence-corrected chi connectivity index (χ4v) is 3.75. The standard InChI is InChI=1S/C24H29N5O2/c1-18-8-10-21(11-9-18)24-26-23(31-27-24)17-29-14-12-28(13-15-29)16-22(30)25-19(2)20-6-4-3-5-7-20/h3-11,19H,12-17H2,1-2H3,(H,25,30). The number of nitrogens with zero attached hydrogens (tertiary/aromatic N) is 4. The van der Waals surface area contributed by atoms with Crippen LogP contribution in [0.25, 0.3) is 11.4 Å². The predicted octanol–water partition coefficient (Wildman–Crippen LogP) is 3.04. The average Bonchev–Trinajstić information content (AvgIpc) is 3.24. The molecule has 3 aromatic rings. The maximum absolute atomic E-state index is 12.4. The zero-order chi connectivity index (χ0) is 21.6. The van der Waals surface area contributed by atoms with E-state index in [1.54, 1.807) is 0 Å². The van der Waals surface area contributed by atoms with Crippen molar-refractivity contribution in [3.05, 3.63) is 71.6 Å². The van der Waals surface area contributed by atoms with Gasteiger partial charge in [-0.25, -0.2) is 0 Å². The zero-order valence-corrected chi connectivity index (χ0v) is 18.1. The molecule has 7 nitrogen and oxygen atoms in total. The molecule has 1 fully saturated rings. The van der Waals surface area contributed by atoms with Crippen LogP contribution in [-0.2, 0) is 11.3 Å². The molecule has 0 spiro atoms. The van der Waals surface area contributed by atoms with Crippen molar-refractivity contribution < 1.29 is 9.32 Å². The van der Waals surface area contributed by atoms with Crippen LogP contribution in [0.2, 0.25) is 0 Å². The summed E-state index contributed by atoms with van der Waals surface area (Å²) in [5, 5.41) is 7.20. The molecule has 1 N–H and O–H groups in total. The van der Waals surface area contributed by atoms with Crippen molar-refractivity contribution in [3.63, 3.8) is 0 Å². The molecule has 2 heterocycles. The Bertz CT molecular complexity index is 979. The average molecular weight is 420 g/mol. The number of nitrogens with one attached hydrogen (secondary N) is 1. The minimum Gasteiger partial charge on any atom is -0.348 e. The lowest BCUT2D eigenvalue weighted by atomic mass is 10.1. The highest BCUT2D eigenvalue weighted by molar-refractivity contribution is 5.78. The van der Waals surface area contributed by atoms with Crippen molar-refractivity contribution in [1.82, 2.24) is 25.3 Å². The summed E-state index contributed by atoms with van der Waals surface area (Å²) in [6.45, 7) is 8.53. The van der Waals surface area contributed by atoms with Gasteiger partial charge in [0.15, 0.2) is 0 Å². The number of carbonyl (C=O) groups excluding carboxylic acids is 1. The lowest BCUT2D eigenvalue weighted by molar-refractivity contribution is -0.123. The Balaban J connectivity index is 1.22. The summed E-state index contributed by atoms with van der Waals surface area (Å²) in [6.07, 6.45) is 0. The molecule has 1 aliphatic rings. The number of amides is 1. The minimum absolute atomic E-state index is 0.00948. The summed E-state index contributed by atoms with van der Waals surface area (Å²) in [6, 6.07) is 18.1. The minimum atomic E-state index is 0.00948. The Labute approximate surface area is 183 Å². The number of hydrogen-bond donors (Lipinski definition) is 1. The summed E-state index contributed by atoms with van der Waals surface area (Å²) >= 11 is 0. The number of piperazine rings is 1. The van der Waals surface area contributed by atoms with E-state index in [0.29, 0.717) is 24.8 Å². The SMILES string of the molecule is Cc1ccc(-c2noc(CN3CCN(CC(=O)NC(C)c4ccccc4)CC3)n2)cc1. The summed E-state index contributed by atoms with van der Waals surface area (Å²) in [5.41, 5.74) is 3.28. The van der Waals surface area contributed by atoms with E-state index in [1.807, 2.05) is 61.5 Å². The zero-order valence-electron chi connectivity index (χ0n) is 18.1. The van der Waals surface area contributed by atoms with E-state index in [-0.39, 0.29) is 11.9 Å². The maximum atomic E-state index is 12.4. The first-order valence-electron chi connectivity index (χ1n) is 10.8. The predicted molar refractivity (Wildman–Crippen MR) is 119 cm³/mol. The van der Waals surface area contributed by atoms with Crippen LogP contribution < -0.4 is 5.32 Å². The van der Waals surface area contributed by atoms with Crippen LogP contribution in [0.1, 0.15) is 30.0 Å². The van der Waals surface area contributed by atoms with Crippen molar-refractivity contribution in [1.29, 1.82) is 0 Å². The summed E-state index contributed by atoms with van der Waals surface area (Å²) < 4.78 is 5.45. The van der Waals surface area contributed by atoms with Crippen molar-refractivity contribution in [2.24, 2.45) is 0 Å². The van der Waals surface area contributed by atoms with Gasteiger partial charge in [0.05, 0.1) is 19.1 Å². The van der Waals surface area contributed by atoms with E-state index in [9.17, 15) is 4.79 Å². The Morgan fingerprint density at radius 2 is 1.71 bits per heavy atom. The van der Waals surface area contributed by atoms with Gasteiger partial charge in [-0.1, -0.05) is 65.3 Å². The molecule has 2 aromatic carbocycles. The molecule has 1 aromatic heterocycles. The highest BCUT2D eigenvalue weighted by Crippen LogP contribution is 2.17. The molecule has 1 unspecified atom stereocenters. The first-order chi connectivity index (χ1) is 15.1. The number of aromatic nitrogens is 2. The second-order valence-electron chi connectivity index (χ2n) is 8.13. The molecule has 1 amide bonds. The lowest BCUT2D eigenvalue weighted by Gasteiger charge is -2.33. The molecule has 0 aliphatic carbocycles. The summed E-state index contributed by atoms with van der Waals surface area (Å²) in [4.78, 5) is 21.4. The molecule has 1 aliphatic heterocycles. The smallest absolute Gasteiger partial charge is 0.241 e. The van der Waals surface area contributed by atoms with Gasteiger partial charge in [-0.3, -0.25) is 14.6 Å². The molecule has 4 rings (SSSR count). The number of carbonyl (C=O) groups is 1. The third kappa shape index (κ3) is 5.77. The quantitative estimate of drug-likeness (QED) is 0.635. The molecule has 0 bridgehead atoms. The fourth-order valence-electron chi connectivity index (χ4n) is 3.75. The van der Waals surface area contributed by atoms with E-state index in [4.69, 9.17) is 4.52 Å². The van der Waals surface area contributed by atoms with Gasteiger partial charge in [0.2, 0.25) is 17.6 Å². The molecule has 1 atom stereocenters. The van der Waals surface area contributed by atoms with Crippen LogP contribution in [0.5, 0.6) is 0 Å². The number of hydrogen-bond acceptors (Lipinski definition) is 6. The monoisotopic (exact) mass is 419 g/mol. The Morgan fingerprint density at radius 1 is 1.03 bits per heavy atom. The van der Waals surface area contributed by atoms with Gasteiger partial charge in [0, 0.05) is 31.7 Å². The van der Waals surface area contributed by atoms with Gasteiger partial charge in [0.1, 0.15) is 0 Å².